The molecular formula is C8H21N3O3. The third kappa shape index (κ3) is 2.41. The highest BCUT2D eigenvalue weighted by Gasteiger charge is 2.41. The Morgan fingerprint density at radius 1 is 0.786 bits per heavy atom. The average Bonchev–Trinajstić information content (AvgIpc) is 2.24. The number of hydrogen-bond donors (Lipinski definition) is 3. The Bertz CT molecular complexity index is 141. The highest BCUT2D eigenvalue weighted by Crippen LogP contribution is 2.19. The van der Waals surface area contributed by atoms with Gasteiger partial charge >= 0.3 is 0 Å². The minimum absolute atomic E-state index is 0.296. The molecule has 0 atom stereocenters. The molecule has 0 amide bonds. The van der Waals surface area contributed by atoms with Crippen molar-refractivity contribution in [2.45, 2.75) is 33.5 Å². The van der Waals surface area contributed by atoms with Gasteiger partial charge in [0.05, 0.1) is 0 Å². The second-order valence-electron chi connectivity index (χ2n) is 3.12. The van der Waals surface area contributed by atoms with Crippen LogP contribution in [0.1, 0.15) is 27.7 Å². The summed E-state index contributed by atoms with van der Waals surface area (Å²) >= 11 is 0. The van der Waals surface area contributed by atoms with Gasteiger partial charge < -0.3 is 15.6 Å². The van der Waals surface area contributed by atoms with Crippen LogP contribution in [0.2, 0.25) is 0 Å². The first kappa shape index (κ1) is 13.8. The van der Waals surface area contributed by atoms with E-state index in [0.717, 1.165) is 15.2 Å². The zero-order chi connectivity index (χ0) is 11.4. The summed E-state index contributed by atoms with van der Waals surface area (Å²) < 4.78 is 0. The van der Waals surface area contributed by atoms with Crippen molar-refractivity contribution in [3.8, 4) is 0 Å². The predicted molar refractivity (Wildman–Crippen MR) is 50.9 cm³/mol. The third-order valence-electron chi connectivity index (χ3n) is 2.37. The molecule has 6 heteroatoms. The van der Waals surface area contributed by atoms with E-state index in [1.165, 1.54) is 6.92 Å². The van der Waals surface area contributed by atoms with Crippen LogP contribution >= 0.6 is 0 Å². The number of nitrogens with zero attached hydrogens (tertiary/aromatic N) is 3. The fourth-order valence-electron chi connectivity index (χ4n) is 1.30. The molecule has 0 saturated carbocycles. The lowest BCUT2D eigenvalue weighted by atomic mass is 10.3. The molecule has 0 unspecified atom stereocenters. The summed E-state index contributed by atoms with van der Waals surface area (Å²) in [5, 5.41) is 31.5. The number of rotatable bonds is 6. The molecule has 0 radical (unpaired) electrons. The van der Waals surface area contributed by atoms with Gasteiger partial charge in [-0.15, -0.1) is 0 Å². The van der Waals surface area contributed by atoms with E-state index in [1.807, 2.05) is 0 Å². The van der Waals surface area contributed by atoms with E-state index < -0.39 is 5.79 Å². The summed E-state index contributed by atoms with van der Waals surface area (Å²) in [6.07, 6.45) is 0. The van der Waals surface area contributed by atoms with Crippen molar-refractivity contribution in [3.63, 3.8) is 0 Å². The van der Waals surface area contributed by atoms with E-state index in [1.54, 1.807) is 20.8 Å². The number of hydroxylamine groups is 6. The van der Waals surface area contributed by atoms with Crippen LogP contribution in [0.15, 0.2) is 0 Å². The van der Waals surface area contributed by atoms with Crippen molar-refractivity contribution in [1.82, 2.24) is 15.2 Å². The minimum atomic E-state index is -1.31. The van der Waals surface area contributed by atoms with Crippen LogP contribution in [-0.4, -0.2) is 56.2 Å². The lowest BCUT2D eigenvalue weighted by Gasteiger charge is -2.45. The Labute approximate surface area is 84.8 Å². The maximum atomic E-state index is 9.61. The highest BCUT2D eigenvalue weighted by molar-refractivity contribution is 4.72. The van der Waals surface area contributed by atoms with Crippen molar-refractivity contribution in [3.05, 3.63) is 0 Å². The Hall–Kier alpha value is -0.240. The first-order valence-electron chi connectivity index (χ1n) is 4.84. The molecule has 0 heterocycles. The zero-order valence-corrected chi connectivity index (χ0v) is 9.30. The SMILES string of the molecule is CCN(O)C(C)(N(O)CC)N(O)CC. The topological polar surface area (TPSA) is 70.4 Å². The van der Waals surface area contributed by atoms with Crippen molar-refractivity contribution in [2.24, 2.45) is 0 Å². The molecule has 3 N–H and O–H groups in total. The van der Waals surface area contributed by atoms with Gasteiger partial charge in [0.15, 0.2) is 5.79 Å². The molecule has 86 valence electrons. The summed E-state index contributed by atoms with van der Waals surface area (Å²) in [5.41, 5.74) is 0. The molecule has 0 aromatic heterocycles. The second-order valence-corrected chi connectivity index (χ2v) is 3.12. The van der Waals surface area contributed by atoms with Crippen LogP contribution in [0.5, 0.6) is 0 Å². The van der Waals surface area contributed by atoms with E-state index in [0.29, 0.717) is 19.6 Å². The maximum absolute atomic E-state index is 9.61. The van der Waals surface area contributed by atoms with Crippen LogP contribution in [0, 0.1) is 0 Å². The lowest BCUT2D eigenvalue weighted by molar-refractivity contribution is -0.404. The Balaban J connectivity index is 4.83. The normalized spacial score (nSPS) is 13.3. The summed E-state index contributed by atoms with van der Waals surface area (Å²) in [7, 11) is 0. The minimum Gasteiger partial charge on any atom is -0.311 e. The highest BCUT2D eigenvalue weighted by atomic mass is 16.6. The van der Waals surface area contributed by atoms with Crippen molar-refractivity contribution in [2.75, 3.05) is 19.6 Å². The van der Waals surface area contributed by atoms with Crippen LogP contribution in [0.4, 0.5) is 0 Å². The fraction of sp³-hybridized carbons (Fsp3) is 1.00. The van der Waals surface area contributed by atoms with Gasteiger partial charge in [0, 0.05) is 19.6 Å². The van der Waals surface area contributed by atoms with Crippen LogP contribution in [0.3, 0.4) is 0 Å². The molecule has 0 aromatic carbocycles. The molecule has 0 aromatic rings. The Morgan fingerprint density at radius 2 is 1.00 bits per heavy atom. The number of hydrogen-bond acceptors (Lipinski definition) is 6. The van der Waals surface area contributed by atoms with E-state index in [9.17, 15) is 15.6 Å². The maximum Gasteiger partial charge on any atom is 0.193 e. The van der Waals surface area contributed by atoms with Crippen LogP contribution < -0.4 is 0 Å². The molecule has 0 aliphatic heterocycles. The largest absolute Gasteiger partial charge is 0.311 e. The third-order valence-corrected chi connectivity index (χ3v) is 2.37. The molecule has 0 spiro atoms. The van der Waals surface area contributed by atoms with Gasteiger partial charge in [-0.3, -0.25) is 0 Å². The quantitative estimate of drug-likeness (QED) is 0.442. The molecule has 14 heavy (non-hydrogen) atoms. The summed E-state index contributed by atoms with van der Waals surface area (Å²) in [5.74, 6) is -1.31. The fourth-order valence-corrected chi connectivity index (χ4v) is 1.30. The first-order chi connectivity index (χ1) is 6.44. The lowest BCUT2D eigenvalue weighted by Crippen LogP contribution is -2.65. The average molecular weight is 207 g/mol. The summed E-state index contributed by atoms with van der Waals surface area (Å²) in [6.45, 7) is 7.60. The molecule has 0 aliphatic rings. The van der Waals surface area contributed by atoms with Gasteiger partial charge in [-0.25, -0.2) is 0 Å². The monoisotopic (exact) mass is 207 g/mol. The standard InChI is InChI=1S/C8H21N3O3/c1-5-9(12)8(4,10(13)6-2)11(14)7-3/h12-14H,5-7H2,1-4H3. The van der Waals surface area contributed by atoms with Crippen LogP contribution in [-0.2, 0) is 0 Å². The van der Waals surface area contributed by atoms with Crippen molar-refractivity contribution < 1.29 is 15.6 Å². The molecule has 0 rings (SSSR count). The van der Waals surface area contributed by atoms with Gasteiger partial charge in [0.1, 0.15) is 0 Å². The zero-order valence-electron chi connectivity index (χ0n) is 9.30. The van der Waals surface area contributed by atoms with Crippen LogP contribution in [0.25, 0.3) is 0 Å². The molecular weight excluding hydrogens is 186 g/mol. The predicted octanol–water partition coefficient (Wildman–Crippen LogP) is 0.793. The smallest absolute Gasteiger partial charge is 0.193 e. The van der Waals surface area contributed by atoms with Gasteiger partial charge in [0.2, 0.25) is 0 Å². The first-order valence-corrected chi connectivity index (χ1v) is 4.84. The van der Waals surface area contributed by atoms with E-state index >= 15 is 0 Å². The van der Waals surface area contributed by atoms with E-state index in [2.05, 4.69) is 0 Å². The van der Waals surface area contributed by atoms with Gasteiger partial charge in [0.25, 0.3) is 0 Å². The second kappa shape index (κ2) is 5.59. The summed E-state index contributed by atoms with van der Waals surface area (Å²) in [4.78, 5) is 0. The van der Waals surface area contributed by atoms with Gasteiger partial charge in [-0.05, 0) is 27.7 Å². The molecule has 0 saturated heterocycles. The molecule has 0 aliphatic carbocycles. The molecule has 0 fully saturated rings. The van der Waals surface area contributed by atoms with Crippen molar-refractivity contribution >= 4 is 0 Å². The van der Waals surface area contributed by atoms with E-state index in [-0.39, 0.29) is 0 Å². The Kier molecular flexibility index (Phi) is 5.50. The van der Waals surface area contributed by atoms with Gasteiger partial charge in [-0.1, -0.05) is 0 Å². The Morgan fingerprint density at radius 3 is 1.14 bits per heavy atom. The van der Waals surface area contributed by atoms with E-state index in [4.69, 9.17) is 0 Å². The molecule has 0 bridgehead atoms. The van der Waals surface area contributed by atoms with Gasteiger partial charge in [-0.2, -0.15) is 15.2 Å². The summed E-state index contributed by atoms with van der Waals surface area (Å²) in [6, 6.07) is 0. The molecule has 6 nitrogen and oxygen atoms in total. The van der Waals surface area contributed by atoms with Crippen molar-refractivity contribution in [1.29, 1.82) is 0 Å².